The van der Waals surface area contributed by atoms with E-state index in [9.17, 15) is 9.59 Å². The standard InChI is InChI=1S/C17H18O7S2/c1-9(18)20-8-12-13(21-10(2)19)14-15(24-17(25)23-14)16(22-12)26-11-6-4-3-5-7-11/h3-7,12-16H,8H2,1-2H3/t12-,13-,14+,15+,16-/m1/s1. The number of hydrogen-bond acceptors (Lipinski definition) is 9. The van der Waals surface area contributed by atoms with Gasteiger partial charge < -0.3 is 23.7 Å². The predicted octanol–water partition coefficient (Wildman–Crippen LogP) is 2.07. The van der Waals surface area contributed by atoms with Crippen LogP contribution in [0.4, 0.5) is 0 Å². The molecule has 2 aliphatic heterocycles. The third-order valence-electron chi connectivity index (χ3n) is 3.80. The molecule has 26 heavy (non-hydrogen) atoms. The van der Waals surface area contributed by atoms with E-state index in [0.29, 0.717) is 0 Å². The van der Waals surface area contributed by atoms with Gasteiger partial charge in [-0.15, -0.1) is 0 Å². The second kappa shape index (κ2) is 8.24. The SMILES string of the molecule is CC(=O)OC[C@H]1O[C@H](Sc2ccccc2)[C@H]2OC(=S)O[C@H]2[C@@H]1OC(C)=O. The van der Waals surface area contributed by atoms with Crippen LogP contribution in [-0.4, -0.2) is 53.6 Å². The molecule has 0 spiro atoms. The zero-order chi connectivity index (χ0) is 18.7. The molecule has 3 rings (SSSR count). The van der Waals surface area contributed by atoms with Gasteiger partial charge in [0.05, 0.1) is 0 Å². The molecule has 9 heteroatoms. The van der Waals surface area contributed by atoms with Crippen molar-refractivity contribution in [2.75, 3.05) is 6.61 Å². The predicted molar refractivity (Wildman–Crippen MR) is 95.5 cm³/mol. The molecule has 1 aromatic rings. The Balaban J connectivity index is 1.83. The van der Waals surface area contributed by atoms with E-state index in [2.05, 4.69) is 0 Å². The number of benzene rings is 1. The van der Waals surface area contributed by atoms with Crippen LogP contribution in [-0.2, 0) is 33.3 Å². The number of thiocarbonyl (C=S) groups is 1. The van der Waals surface area contributed by atoms with Crippen LogP contribution in [0, 0.1) is 0 Å². The maximum atomic E-state index is 11.5. The Kier molecular flexibility index (Phi) is 6.00. The van der Waals surface area contributed by atoms with E-state index in [4.69, 9.17) is 35.9 Å². The number of ether oxygens (including phenoxy) is 5. The molecule has 7 nitrogen and oxygen atoms in total. The fourth-order valence-corrected chi connectivity index (χ4v) is 4.13. The van der Waals surface area contributed by atoms with E-state index in [1.165, 1.54) is 25.6 Å². The van der Waals surface area contributed by atoms with Crippen molar-refractivity contribution in [3.05, 3.63) is 30.3 Å². The third kappa shape index (κ3) is 4.46. The van der Waals surface area contributed by atoms with Crippen molar-refractivity contribution in [2.24, 2.45) is 0 Å². The molecular weight excluding hydrogens is 380 g/mol. The average Bonchev–Trinajstić information content (AvgIpc) is 2.98. The number of rotatable bonds is 5. The average molecular weight is 398 g/mol. The lowest BCUT2D eigenvalue weighted by Crippen LogP contribution is -2.58. The van der Waals surface area contributed by atoms with Crippen LogP contribution in [0.3, 0.4) is 0 Å². The highest BCUT2D eigenvalue weighted by molar-refractivity contribution is 7.99. The van der Waals surface area contributed by atoms with Crippen molar-refractivity contribution in [3.63, 3.8) is 0 Å². The Morgan fingerprint density at radius 2 is 1.81 bits per heavy atom. The first-order chi connectivity index (χ1) is 12.4. The van der Waals surface area contributed by atoms with Gasteiger partial charge >= 0.3 is 17.2 Å². The molecule has 0 radical (unpaired) electrons. The summed E-state index contributed by atoms with van der Waals surface area (Å²) < 4.78 is 27.7. The topological polar surface area (TPSA) is 80.3 Å². The third-order valence-corrected chi connectivity index (χ3v) is 5.15. The first-order valence-electron chi connectivity index (χ1n) is 7.99. The maximum absolute atomic E-state index is 11.5. The summed E-state index contributed by atoms with van der Waals surface area (Å²) in [7, 11) is 0. The molecule has 1 aromatic carbocycles. The maximum Gasteiger partial charge on any atom is 0.353 e. The second-order valence-electron chi connectivity index (χ2n) is 5.77. The molecule has 2 aliphatic rings. The Hall–Kier alpha value is -1.84. The molecule has 0 amide bonds. The van der Waals surface area contributed by atoms with Crippen LogP contribution in [0.2, 0.25) is 0 Å². The van der Waals surface area contributed by atoms with Crippen LogP contribution < -0.4 is 0 Å². The highest BCUT2D eigenvalue weighted by Gasteiger charge is 2.55. The zero-order valence-corrected chi connectivity index (χ0v) is 15.8. The molecule has 140 valence electrons. The fourth-order valence-electron chi connectivity index (χ4n) is 2.78. The number of carbonyl (C=O) groups is 2. The summed E-state index contributed by atoms with van der Waals surface area (Å²) in [5.74, 6) is -0.954. The number of esters is 2. The normalized spacial score (nSPS) is 29.9. The van der Waals surface area contributed by atoms with Gasteiger partial charge in [0.15, 0.2) is 18.3 Å². The molecule has 2 fully saturated rings. The van der Waals surface area contributed by atoms with Gasteiger partial charge in [0.25, 0.3) is 0 Å². The summed E-state index contributed by atoms with van der Waals surface area (Å²) in [6.07, 6.45) is -2.69. The lowest BCUT2D eigenvalue weighted by Gasteiger charge is -2.40. The van der Waals surface area contributed by atoms with Gasteiger partial charge in [0.1, 0.15) is 18.1 Å². The van der Waals surface area contributed by atoms with Gasteiger partial charge in [-0.05, 0) is 12.1 Å². The molecule has 0 bridgehead atoms. The number of thioether (sulfide) groups is 1. The van der Waals surface area contributed by atoms with Gasteiger partial charge in [-0.3, -0.25) is 9.59 Å². The molecule has 0 saturated carbocycles. The van der Waals surface area contributed by atoms with Crippen molar-refractivity contribution in [1.82, 2.24) is 0 Å². The lowest BCUT2D eigenvalue weighted by atomic mass is 10.00. The lowest BCUT2D eigenvalue weighted by molar-refractivity contribution is -0.200. The minimum atomic E-state index is -0.801. The first kappa shape index (κ1) is 18.9. The van der Waals surface area contributed by atoms with E-state index < -0.39 is 41.8 Å². The van der Waals surface area contributed by atoms with Gasteiger partial charge in [0, 0.05) is 31.0 Å². The summed E-state index contributed by atoms with van der Waals surface area (Å²) in [6.45, 7) is 2.52. The molecule has 0 aliphatic carbocycles. The Morgan fingerprint density at radius 1 is 1.12 bits per heavy atom. The van der Waals surface area contributed by atoms with E-state index in [0.717, 1.165) is 4.90 Å². The molecule has 0 N–H and O–H groups in total. The van der Waals surface area contributed by atoms with Crippen LogP contribution in [0.25, 0.3) is 0 Å². The fraction of sp³-hybridized carbons (Fsp3) is 0.471. The summed E-state index contributed by atoms with van der Waals surface area (Å²) >= 11 is 6.46. The Bertz CT molecular complexity index is 681. The number of hydrogen-bond donors (Lipinski definition) is 0. The van der Waals surface area contributed by atoms with Gasteiger partial charge in [-0.25, -0.2) is 0 Å². The number of carbonyl (C=O) groups excluding carboxylic acids is 2. The van der Waals surface area contributed by atoms with Crippen molar-refractivity contribution >= 4 is 41.2 Å². The quantitative estimate of drug-likeness (QED) is 0.547. The van der Waals surface area contributed by atoms with Crippen LogP contribution in [0.15, 0.2) is 35.2 Å². The summed E-state index contributed by atoms with van der Waals surface area (Å²) in [5.41, 5.74) is -0.477. The van der Waals surface area contributed by atoms with Gasteiger partial charge in [0.2, 0.25) is 0 Å². The van der Waals surface area contributed by atoms with E-state index in [1.807, 2.05) is 30.3 Å². The minimum absolute atomic E-state index is 0.0208. The summed E-state index contributed by atoms with van der Waals surface area (Å²) in [6, 6.07) is 9.63. The van der Waals surface area contributed by atoms with Crippen molar-refractivity contribution in [1.29, 1.82) is 0 Å². The molecule has 0 unspecified atom stereocenters. The smallest absolute Gasteiger partial charge is 0.353 e. The molecule has 2 saturated heterocycles. The molecule has 0 aromatic heterocycles. The van der Waals surface area contributed by atoms with E-state index >= 15 is 0 Å². The van der Waals surface area contributed by atoms with Crippen LogP contribution >= 0.6 is 24.0 Å². The number of fused-ring (bicyclic) bond motifs is 1. The van der Waals surface area contributed by atoms with Crippen molar-refractivity contribution in [2.45, 2.75) is 48.6 Å². The largest absolute Gasteiger partial charge is 0.463 e. The monoisotopic (exact) mass is 398 g/mol. The highest BCUT2D eigenvalue weighted by Crippen LogP contribution is 2.39. The highest BCUT2D eigenvalue weighted by atomic mass is 32.2. The molecule has 2 heterocycles. The van der Waals surface area contributed by atoms with Crippen molar-refractivity contribution < 1.29 is 33.3 Å². The zero-order valence-electron chi connectivity index (χ0n) is 14.2. The summed E-state index contributed by atoms with van der Waals surface area (Å²) in [4.78, 5) is 23.7. The Labute approximate surface area is 160 Å². The second-order valence-corrected chi connectivity index (χ2v) is 7.27. The van der Waals surface area contributed by atoms with Gasteiger partial charge in [-0.1, -0.05) is 30.0 Å². The van der Waals surface area contributed by atoms with Crippen LogP contribution in [0.5, 0.6) is 0 Å². The van der Waals surface area contributed by atoms with Gasteiger partial charge in [-0.2, -0.15) is 0 Å². The first-order valence-corrected chi connectivity index (χ1v) is 9.28. The van der Waals surface area contributed by atoms with E-state index in [1.54, 1.807) is 0 Å². The van der Waals surface area contributed by atoms with Crippen molar-refractivity contribution in [3.8, 4) is 0 Å². The summed E-state index contributed by atoms with van der Waals surface area (Å²) in [5, 5.41) is -0.0208. The Morgan fingerprint density at radius 3 is 2.46 bits per heavy atom. The van der Waals surface area contributed by atoms with E-state index in [-0.39, 0.29) is 11.8 Å². The van der Waals surface area contributed by atoms with Crippen LogP contribution in [0.1, 0.15) is 13.8 Å². The molecule has 5 atom stereocenters. The minimum Gasteiger partial charge on any atom is -0.463 e. The molecular formula is C17H18O7S2.